The van der Waals surface area contributed by atoms with Crippen molar-refractivity contribution in [3.05, 3.63) is 11.5 Å². The van der Waals surface area contributed by atoms with E-state index >= 15 is 0 Å². The molecule has 15 heavy (non-hydrogen) atoms. The molecule has 0 spiro atoms. The molecule has 6 nitrogen and oxygen atoms in total. The maximum atomic E-state index is 10.6. The van der Waals surface area contributed by atoms with Gasteiger partial charge in [0.15, 0.2) is 5.76 Å². The van der Waals surface area contributed by atoms with Gasteiger partial charge in [0.2, 0.25) is 0 Å². The maximum absolute atomic E-state index is 10.6. The Hall–Kier alpha value is -0.980. The van der Waals surface area contributed by atoms with Crippen LogP contribution in [0.25, 0.3) is 0 Å². The summed E-state index contributed by atoms with van der Waals surface area (Å²) in [6.45, 7) is 2.35. The first kappa shape index (κ1) is 9.26. The highest BCUT2D eigenvalue weighted by Crippen LogP contribution is 2.46. The number of aliphatic hydroxyl groups is 1. The normalized spacial score (nSPS) is 40.2. The van der Waals surface area contributed by atoms with Gasteiger partial charge in [0, 0.05) is 24.2 Å². The van der Waals surface area contributed by atoms with E-state index in [1.54, 1.807) is 0 Å². The van der Waals surface area contributed by atoms with Gasteiger partial charge < -0.3 is 14.8 Å². The van der Waals surface area contributed by atoms with Crippen LogP contribution in [0.3, 0.4) is 0 Å². The van der Waals surface area contributed by atoms with Crippen LogP contribution in [-0.4, -0.2) is 38.3 Å². The van der Waals surface area contributed by atoms with E-state index in [9.17, 15) is 10.3 Å². The third-order valence-corrected chi connectivity index (χ3v) is 3.66. The number of hydrogen-bond acceptors (Lipinski definition) is 6. The van der Waals surface area contributed by atoms with Gasteiger partial charge in [-0.05, 0) is 6.42 Å². The highest BCUT2D eigenvalue weighted by atomic mass is 16.5. The summed E-state index contributed by atoms with van der Waals surface area (Å²) in [5.41, 5.74) is -0.606. The Balaban J connectivity index is 2.14. The zero-order valence-electron chi connectivity index (χ0n) is 8.42. The molecule has 2 heterocycles. The van der Waals surface area contributed by atoms with Crippen molar-refractivity contribution in [3.63, 3.8) is 0 Å². The van der Waals surface area contributed by atoms with Gasteiger partial charge in [-0.3, -0.25) is 0 Å². The molecule has 3 atom stereocenters. The average molecular weight is 211 g/mol. The molecule has 3 rings (SSSR count). The van der Waals surface area contributed by atoms with Crippen LogP contribution < -0.4 is 0 Å². The molecule has 0 saturated carbocycles. The molecule has 2 N–H and O–H groups in total. The largest absolute Gasteiger partial charge is 0.381 e. The fraction of sp³-hybridized carbons (Fsp3) is 0.778. The van der Waals surface area contributed by atoms with E-state index in [0.29, 0.717) is 30.8 Å². The monoisotopic (exact) mass is 211 g/mol. The second-order valence-corrected chi connectivity index (χ2v) is 4.45. The molecule has 6 heteroatoms. The Morgan fingerprint density at radius 3 is 3.20 bits per heavy atom. The molecule has 3 unspecified atom stereocenters. The highest BCUT2D eigenvalue weighted by molar-refractivity contribution is 5.26. The first-order valence-electron chi connectivity index (χ1n) is 5.13. The highest BCUT2D eigenvalue weighted by Gasteiger charge is 2.57. The summed E-state index contributed by atoms with van der Waals surface area (Å²) in [6, 6.07) is -0.285. The lowest BCUT2D eigenvalue weighted by molar-refractivity contribution is -0.145. The minimum Gasteiger partial charge on any atom is -0.381 e. The van der Waals surface area contributed by atoms with Gasteiger partial charge in [-0.2, -0.15) is 5.06 Å². The number of hydroxylamine groups is 2. The standard InChI is InChI=1S/C9H13N3O3/c1-5-4-12(14)7-3-2-6-8(9(5,7)13)10-11-15-6/h5,7,13-14H,2-4H2,1H3. The van der Waals surface area contributed by atoms with Crippen LogP contribution in [0.5, 0.6) is 0 Å². The van der Waals surface area contributed by atoms with Gasteiger partial charge in [0.1, 0.15) is 11.3 Å². The number of hydrogen-bond donors (Lipinski definition) is 2. The summed E-state index contributed by atoms with van der Waals surface area (Å²) in [5, 5.41) is 28.9. The maximum Gasteiger partial charge on any atom is 0.163 e. The molecule has 0 bridgehead atoms. The fourth-order valence-electron chi connectivity index (χ4n) is 2.81. The molecule has 1 aliphatic heterocycles. The molecule has 0 amide bonds. The van der Waals surface area contributed by atoms with E-state index in [1.807, 2.05) is 6.92 Å². The van der Waals surface area contributed by atoms with Crippen LogP contribution >= 0.6 is 0 Å². The number of rotatable bonds is 0. The van der Waals surface area contributed by atoms with Crippen LogP contribution in [0.15, 0.2) is 4.52 Å². The molecule has 1 aliphatic carbocycles. The van der Waals surface area contributed by atoms with Crippen LogP contribution in [0.1, 0.15) is 24.8 Å². The third kappa shape index (κ3) is 0.987. The van der Waals surface area contributed by atoms with Crippen LogP contribution in [0, 0.1) is 5.92 Å². The Morgan fingerprint density at radius 1 is 1.60 bits per heavy atom. The second kappa shape index (κ2) is 2.78. The van der Waals surface area contributed by atoms with Crippen molar-refractivity contribution in [3.8, 4) is 0 Å². The lowest BCUT2D eigenvalue weighted by atomic mass is 9.77. The van der Waals surface area contributed by atoms with Gasteiger partial charge in [0.25, 0.3) is 0 Å². The number of aryl methyl sites for hydroxylation is 1. The van der Waals surface area contributed by atoms with Gasteiger partial charge in [-0.1, -0.05) is 6.92 Å². The van der Waals surface area contributed by atoms with Gasteiger partial charge in [-0.25, -0.2) is 0 Å². The Kier molecular flexibility index (Phi) is 1.72. The molecular formula is C9H13N3O3. The Morgan fingerprint density at radius 2 is 2.40 bits per heavy atom. The zero-order valence-corrected chi connectivity index (χ0v) is 8.42. The molecule has 1 fully saturated rings. The lowest BCUT2D eigenvalue weighted by Crippen LogP contribution is -2.47. The predicted molar refractivity (Wildman–Crippen MR) is 48.0 cm³/mol. The smallest absolute Gasteiger partial charge is 0.163 e. The molecule has 1 aromatic rings. The topological polar surface area (TPSA) is 82.6 Å². The number of nitrogens with zero attached hydrogens (tertiary/aromatic N) is 3. The summed E-state index contributed by atoms with van der Waals surface area (Å²) >= 11 is 0. The van der Waals surface area contributed by atoms with Crippen molar-refractivity contribution in [2.75, 3.05) is 6.54 Å². The first-order valence-corrected chi connectivity index (χ1v) is 5.13. The van der Waals surface area contributed by atoms with Crippen molar-refractivity contribution in [2.45, 2.75) is 31.4 Å². The minimum absolute atomic E-state index is 0.0709. The van der Waals surface area contributed by atoms with E-state index in [4.69, 9.17) is 4.52 Å². The predicted octanol–water partition coefficient (Wildman–Crippen LogP) is -0.0871. The summed E-state index contributed by atoms with van der Waals surface area (Å²) < 4.78 is 4.99. The lowest BCUT2D eigenvalue weighted by Gasteiger charge is -2.35. The van der Waals surface area contributed by atoms with Crippen molar-refractivity contribution in [2.24, 2.45) is 5.92 Å². The zero-order chi connectivity index (χ0) is 10.6. The summed E-state index contributed by atoms with van der Waals surface area (Å²) in [4.78, 5) is 0. The van der Waals surface area contributed by atoms with E-state index < -0.39 is 5.60 Å². The van der Waals surface area contributed by atoms with Crippen LogP contribution in [-0.2, 0) is 12.0 Å². The Labute approximate surface area is 86.4 Å². The average Bonchev–Trinajstić information content (AvgIpc) is 2.73. The van der Waals surface area contributed by atoms with Crippen LogP contribution in [0.2, 0.25) is 0 Å². The van der Waals surface area contributed by atoms with E-state index in [-0.39, 0.29) is 12.0 Å². The molecule has 1 saturated heterocycles. The summed E-state index contributed by atoms with van der Waals surface area (Å²) in [6.07, 6.45) is 1.33. The van der Waals surface area contributed by atoms with E-state index in [0.717, 1.165) is 0 Å². The minimum atomic E-state index is -1.11. The van der Waals surface area contributed by atoms with Crippen molar-refractivity contribution < 1.29 is 14.8 Å². The molecular weight excluding hydrogens is 198 g/mol. The van der Waals surface area contributed by atoms with Crippen LogP contribution in [0.4, 0.5) is 0 Å². The molecule has 2 aliphatic rings. The van der Waals surface area contributed by atoms with Crippen molar-refractivity contribution in [1.29, 1.82) is 0 Å². The van der Waals surface area contributed by atoms with E-state index in [1.165, 1.54) is 5.06 Å². The summed E-state index contributed by atoms with van der Waals surface area (Å²) in [7, 11) is 0. The summed E-state index contributed by atoms with van der Waals surface area (Å²) in [5.74, 6) is 0.578. The second-order valence-electron chi connectivity index (χ2n) is 4.45. The molecule has 1 aromatic heterocycles. The van der Waals surface area contributed by atoms with Crippen molar-refractivity contribution >= 4 is 0 Å². The fourth-order valence-corrected chi connectivity index (χ4v) is 2.81. The number of fused-ring (bicyclic) bond motifs is 3. The van der Waals surface area contributed by atoms with E-state index in [2.05, 4.69) is 10.4 Å². The molecule has 0 radical (unpaired) electrons. The van der Waals surface area contributed by atoms with Crippen molar-refractivity contribution in [1.82, 2.24) is 15.4 Å². The van der Waals surface area contributed by atoms with Gasteiger partial charge in [0.05, 0.1) is 6.04 Å². The molecule has 0 aromatic carbocycles. The third-order valence-electron chi connectivity index (χ3n) is 3.66. The Bertz CT molecular complexity index is 394. The van der Waals surface area contributed by atoms with Gasteiger partial charge in [-0.15, -0.1) is 5.10 Å². The first-order chi connectivity index (χ1) is 7.14. The SMILES string of the molecule is CC1CN(O)C2CCc3onnc3C12O. The number of aromatic nitrogens is 2. The quantitative estimate of drug-likeness (QED) is 0.624. The molecule has 82 valence electrons. The van der Waals surface area contributed by atoms with Gasteiger partial charge >= 0.3 is 0 Å².